The summed E-state index contributed by atoms with van der Waals surface area (Å²) in [5.74, 6) is -0.925. The van der Waals surface area contributed by atoms with Gasteiger partial charge in [0, 0.05) is 25.6 Å². The first-order valence-electron chi connectivity index (χ1n) is 8.49. The van der Waals surface area contributed by atoms with Gasteiger partial charge in [-0.3, -0.25) is 9.59 Å². The number of halogens is 3. The van der Waals surface area contributed by atoms with Crippen molar-refractivity contribution >= 4 is 74.2 Å². The van der Waals surface area contributed by atoms with Crippen LogP contribution >= 0.6 is 50.9 Å². The van der Waals surface area contributed by atoms with Gasteiger partial charge < -0.3 is 15.2 Å². The van der Waals surface area contributed by atoms with Crippen LogP contribution in [0.4, 0.5) is 0 Å². The Morgan fingerprint density at radius 3 is 2.73 bits per heavy atom. The minimum absolute atomic E-state index is 0.165. The lowest BCUT2D eigenvalue weighted by atomic mass is 10.2. The molecule has 0 bridgehead atoms. The van der Waals surface area contributed by atoms with E-state index in [0.29, 0.717) is 26.9 Å². The number of carboxylic acid groups (broad SMARTS) is 1. The Morgan fingerprint density at radius 1 is 1.30 bits per heavy atom. The van der Waals surface area contributed by atoms with Crippen LogP contribution < -0.4 is 10.1 Å². The van der Waals surface area contributed by atoms with E-state index in [9.17, 15) is 9.59 Å². The van der Waals surface area contributed by atoms with Crippen LogP contribution in [0.2, 0.25) is 10.0 Å². The molecule has 0 radical (unpaired) electrons. The summed E-state index contributed by atoms with van der Waals surface area (Å²) in [4.78, 5) is 22.5. The predicted octanol–water partition coefficient (Wildman–Crippen LogP) is 4.73. The summed E-state index contributed by atoms with van der Waals surface area (Å²) >= 11 is 16.8. The first-order valence-corrected chi connectivity index (χ1v) is 10.9. The molecule has 1 aliphatic rings. The van der Waals surface area contributed by atoms with Gasteiger partial charge in [-0.1, -0.05) is 57.0 Å². The monoisotopic (exact) mass is 529 g/mol. The van der Waals surface area contributed by atoms with Crippen LogP contribution in [0.15, 0.2) is 51.1 Å². The largest absolute Gasteiger partial charge is 0.488 e. The number of carbonyl (C=O) groups is 2. The fourth-order valence-corrected chi connectivity index (χ4v) is 4.26. The second-order valence-electron chi connectivity index (χ2n) is 6.01. The molecule has 0 spiro atoms. The second kappa shape index (κ2) is 10.3. The maximum atomic E-state index is 11.8. The first kappa shape index (κ1) is 22.6. The molecule has 30 heavy (non-hydrogen) atoms. The van der Waals surface area contributed by atoms with Crippen molar-refractivity contribution in [3.05, 3.63) is 62.0 Å². The number of nitrogens with zero attached hydrogens (tertiary/aromatic N) is 2. The number of ether oxygens (including phenoxy) is 1. The highest BCUT2D eigenvalue weighted by Gasteiger charge is 2.32. The number of amides is 1. The number of benzene rings is 2. The van der Waals surface area contributed by atoms with Gasteiger partial charge in [0.2, 0.25) is 5.91 Å². The van der Waals surface area contributed by atoms with E-state index >= 15 is 0 Å². The Hall–Kier alpha value is -2.07. The summed E-state index contributed by atoms with van der Waals surface area (Å²) < 4.78 is 6.68. The van der Waals surface area contributed by atoms with Crippen LogP contribution in [0.5, 0.6) is 5.75 Å². The van der Waals surface area contributed by atoms with Gasteiger partial charge in [-0.05, 0) is 30.3 Å². The summed E-state index contributed by atoms with van der Waals surface area (Å²) in [5, 5.41) is 19.8. The predicted molar refractivity (Wildman–Crippen MR) is 122 cm³/mol. The first-order chi connectivity index (χ1) is 14.3. The SMILES string of the molecule is O=C(O)CC1SC(=NN=Cc2cc(Br)ccc2OCc2c(Cl)cccc2Cl)NC1=O. The zero-order valence-electron chi connectivity index (χ0n) is 15.1. The highest BCUT2D eigenvalue weighted by atomic mass is 79.9. The molecule has 11 heteroatoms. The number of thioether (sulfide) groups is 1. The third-order valence-electron chi connectivity index (χ3n) is 3.89. The lowest BCUT2D eigenvalue weighted by Gasteiger charge is -2.11. The van der Waals surface area contributed by atoms with Crippen LogP contribution in [0.1, 0.15) is 17.5 Å². The Labute approximate surface area is 194 Å². The molecule has 1 saturated heterocycles. The number of carbonyl (C=O) groups excluding carboxylic acids is 1. The van der Waals surface area contributed by atoms with Gasteiger partial charge in [-0.15, -0.1) is 5.10 Å². The number of rotatable bonds is 7. The zero-order chi connectivity index (χ0) is 21.7. The minimum Gasteiger partial charge on any atom is -0.488 e. The minimum atomic E-state index is -1.05. The van der Waals surface area contributed by atoms with Crippen molar-refractivity contribution in [1.82, 2.24) is 5.32 Å². The van der Waals surface area contributed by atoms with Crippen molar-refractivity contribution in [2.45, 2.75) is 18.3 Å². The topological polar surface area (TPSA) is 100 Å². The lowest BCUT2D eigenvalue weighted by molar-refractivity contribution is -0.138. The fourth-order valence-electron chi connectivity index (χ4n) is 2.46. The van der Waals surface area contributed by atoms with E-state index in [-0.39, 0.29) is 18.2 Å². The van der Waals surface area contributed by atoms with E-state index in [1.165, 1.54) is 6.21 Å². The average Bonchev–Trinajstić information content (AvgIpc) is 3.01. The van der Waals surface area contributed by atoms with E-state index in [1.54, 1.807) is 30.3 Å². The van der Waals surface area contributed by atoms with Crippen molar-refractivity contribution in [2.75, 3.05) is 0 Å². The molecule has 7 nitrogen and oxygen atoms in total. The maximum Gasteiger partial charge on any atom is 0.305 e. The van der Waals surface area contributed by atoms with Crippen molar-refractivity contribution < 1.29 is 19.4 Å². The van der Waals surface area contributed by atoms with Crippen LogP contribution in [0.3, 0.4) is 0 Å². The van der Waals surface area contributed by atoms with E-state index in [0.717, 1.165) is 16.2 Å². The molecule has 0 aromatic heterocycles. The van der Waals surface area contributed by atoms with Crippen molar-refractivity contribution in [3.8, 4) is 5.75 Å². The third kappa shape index (κ3) is 5.98. The molecule has 1 unspecified atom stereocenters. The number of nitrogens with one attached hydrogen (secondary N) is 1. The number of hydrogen-bond acceptors (Lipinski definition) is 6. The molecule has 1 fully saturated rings. The summed E-state index contributed by atoms with van der Waals surface area (Å²) in [6.45, 7) is 0.165. The molecule has 1 heterocycles. The van der Waals surface area contributed by atoms with Gasteiger partial charge in [0.05, 0.1) is 12.6 Å². The van der Waals surface area contributed by atoms with Gasteiger partial charge in [-0.2, -0.15) is 5.10 Å². The molecule has 2 aromatic rings. The maximum absolute atomic E-state index is 11.8. The van der Waals surface area contributed by atoms with Gasteiger partial charge in [-0.25, -0.2) is 0 Å². The Bertz CT molecular complexity index is 1030. The second-order valence-corrected chi connectivity index (χ2v) is 8.94. The van der Waals surface area contributed by atoms with Crippen LogP contribution in [-0.4, -0.2) is 33.6 Å². The molecule has 3 rings (SSSR count). The average molecular weight is 531 g/mol. The Balaban J connectivity index is 1.73. The summed E-state index contributed by atoms with van der Waals surface area (Å²) in [6, 6.07) is 10.6. The molecule has 0 aliphatic carbocycles. The van der Waals surface area contributed by atoms with Gasteiger partial charge in [0.25, 0.3) is 0 Å². The van der Waals surface area contributed by atoms with Crippen molar-refractivity contribution in [1.29, 1.82) is 0 Å². The Morgan fingerprint density at radius 2 is 2.03 bits per heavy atom. The molecule has 0 saturated carbocycles. The summed E-state index contributed by atoms with van der Waals surface area (Å²) in [5.41, 5.74) is 1.30. The molecule has 156 valence electrons. The summed E-state index contributed by atoms with van der Waals surface area (Å²) in [6.07, 6.45) is 1.19. The van der Waals surface area contributed by atoms with Gasteiger partial charge in [0.1, 0.15) is 17.6 Å². The standard InChI is InChI=1S/C19H14BrCl2N3O4S/c20-11-4-5-15(29-9-12-13(21)2-1-3-14(12)22)10(6-11)8-23-25-19-24-18(28)16(30-19)7-17(26)27/h1-6,8,16H,7,9H2,(H,26,27)(H,24,25,28). The molecular weight excluding hydrogens is 517 g/mol. The van der Waals surface area contributed by atoms with Crippen LogP contribution in [-0.2, 0) is 16.2 Å². The quantitative estimate of drug-likeness (QED) is 0.398. The van der Waals surface area contributed by atoms with Crippen molar-refractivity contribution in [3.63, 3.8) is 0 Å². The van der Waals surface area contributed by atoms with E-state index in [4.69, 9.17) is 33.0 Å². The normalized spacial score (nSPS) is 17.5. The number of carboxylic acids is 1. The lowest BCUT2D eigenvalue weighted by Crippen LogP contribution is -2.26. The zero-order valence-corrected chi connectivity index (χ0v) is 19.1. The molecule has 1 atom stereocenters. The van der Waals surface area contributed by atoms with Crippen molar-refractivity contribution in [2.24, 2.45) is 10.2 Å². The molecule has 1 amide bonds. The van der Waals surface area contributed by atoms with Gasteiger partial charge >= 0.3 is 5.97 Å². The van der Waals surface area contributed by atoms with E-state index in [1.807, 2.05) is 6.07 Å². The Kier molecular flexibility index (Phi) is 7.76. The number of aliphatic carboxylic acids is 1. The third-order valence-corrected chi connectivity index (χ3v) is 6.16. The highest BCUT2D eigenvalue weighted by molar-refractivity contribution is 9.10. The fraction of sp³-hybridized carbons (Fsp3) is 0.158. The van der Waals surface area contributed by atoms with E-state index < -0.39 is 17.1 Å². The molecule has 1 aliphatic heterocycles. The van der Waals surface area contributed by atoms with Gasteiger partial charge in [0.15, 0.2) is 5.17 Å². The number of amidine groups is 1. The molecule has 2 N–H and O–H groups in total. The summed E-state index contributed by atoms with van der Waals surface area (Å²) in [7, 11) is 0. The molecular formula is C19H14BrCl2N3O4S. The van der Waals surface area contributed by atoms with E-state index in [2.05, 4.69) is 31.4 Å². The molecule has 2 aromatic carbocycles. The van der Waals surface area contributed by atoms with Crippen LogP contribution in [0, 0.1) is 0 Å². The van der Waals surface area contributed by atoms with Crippen LogP contribution in [0.25, 0.3) is 0 Å². The highest BCUT2D eigenvalue weighted by Crippen LogP contribution is 2.28. The number of hydrogen-bond donors (Lipinski definition) is 2. The smallest absolute Gasteiger partial charge is 0.305 e.